The maximum Gasteiger partial charge on any atom is 0.414 e. The van der Waals surface area contributed by atoms with Gasteiger partial charge in [-0.05, 0) is 36.5 Å². The molecule has 0 spiro atoms. The van der Waals surface area contributed by atoms with Crippen LogP contribution in [-0.4, -0.2) is 37.6 Å². The van der Waals surface area contributed by atoms with Gasteiger partial charge < -0.3 is 20.5 Å². The van der Waals surface area contributed by atoms with Gasteiger partial charge in [0.2, 0.25) is 0 Å². The Morgan fingerprint density at radius 2 is 2.26 bits per heavy atom. The molecule has 3 N–H and O–H groups in total. The summed E-state index contributed by atoms with van der Waals surface area (Å²) in [6.07, 6.45) is -0.641. The van der Waals surface area contributed by atoms with Crippen molar-refractivity contribution >= 4 is 34.9 Å². The number of carbonyl (C=O) groups is 1. The quantitative estimate of drug-likeness (QED) is 0.638. The molecule has 1 aromatic rings. The summed E-state index contributed by atoms with van der Waals surface area (Å²) in [7, 11) is 1.48. The molecule has 1 fully saturated rings. The molecule has 0 bridgehead atoms. The molecule has 0 aliphatic carbocycles. The predicted octanol–water partition coefficient (Wildman–Crippen LogP) is 1.11. The number of anilines is 2. The van der Waals surface area contributed by atoms with E-state index >= 15 is 0 Å². The van der Waals surface area contributed by atoms with Gasteiger partial charge in [-0.15, -0.1) is 0 Å². The monoisotopic (exact) mass is 281 g/mol. The number of amides is 1. The fourth-order valence-electron chi connectivity index (χ4n) is 1.76. The molecular weight excluding hydrogens is 266 g/mol. The second kappa shape index (κ2) is 5.75. The molecule has 7 heteroatoms. The summed E-state index contributed by atoms with van der Waals surface area (Å²) in [4.78, 5) is 13.3. The van der Waals surface area contributed by atoms with E-state index in [-0.39, 0.29) is 17.4 Å². The first-order chi connectivity index (χ1) is 9.10. The maximum atomic E-state index is 11.8. The molecule has 0 saturated carbocycles. The Labute approximate surface area is 116 Å². The molecule has 1 aliphatic rings. The zero-order valence-corrected chi connectivity index (χ0v) is 11.3. The molecule has 0 radical (unpaired) electrons. The molecule has 1 aromatic carbocycles. The fraction of sp³-hybridized carbons (Fsp3) is 0.333. The van der Waals surface area contributed by atoms with Crippen molar-refractivity contribution in [1.82, 2.24) is 5.32 Å². The SMILES string of the molecule is COC(=S)NC[C@H]1CN(c2ccc(N)cc2)C(=O)O1. The van der Waals surface area contributed by atoms with Crippen LogP contribution in [0.2, 0.25) is 0 Å². The highest BCUT2D eigenvalue weighted by molar-refractivity contribution is 7.80. The number of rotatable bonds is 3. The zero-order valence-electron chi connectivity index (χ0n) is 10.5. The fourth-order valence-corrected chi connectivity index (χ4v) is 1.85. The van der Waals surface area contributed by atoms with Crippen molar-refractivity contribution in [3.8, 4) is 0 Å². The first-order valence-corrected chi connectivity index (χ1v) is 6.16. The van der Waals surface area contributed by atoms with Gasteiger partial charge >= 0.3 is 6.09 Å². The van der Waals surface area contributed by atoms with Crippen molar-refractivity contribution in [2.75, 3.05) is 30.8 Å². The smallest absolute Gasteiger partial charge is 0.414 e. The van der Waals surface area contributed by atoms with Gasteiger partial charge in [-0.1, -0.05) is 0 Å². The van der Waals surface area contributed by atoms with Gasteiger partial charge in [0.05, 0.1) is 20.2 Å². The second-order valence-electron chi connectivity index (χ2n) is 4.08. The van der Waals surface area contributed by atoms with Crippen molar-refractivity contribution in [2.24, 2.45) is 0 Å². The number of benzene rings is 1. The minimum Gasteiger partial charge on any atom is -0.474 e. The average Bonchev–Trinajstić information content (AvgIpc) is 2.78. The van der Waals surface area contributed by atoms with Crippen LogP contribution in [-0.2, 0) is 9.47 Å². The van der Waals surface area contributed by atoms with Crippen LogP contribution in [0.25, 0.3) is 0 Å². The number of methoxy groups -OCH3 is 1. The van der Waals surface area contributed by atoms with E-state index < -0.39 is 0 Å². The molecule has 1 amide bonds. The lowest BCUT2D eigenvalue weighted by molar-refractivity contribution is 0.142. The van der Waals surface area contributed by atoms with Crippen molar-refractivity contribution in [1.29, 1.82) is 0 Å². The van der Waals surface area contributed by atoms with Crippen molar-refractivity contribution < 1.29 is 14.3 Å². The zero-order chi connectivity index (χ0) is 13.8. The highest BCUT2D eigenvalue weighted by atomic mass is 32.1. The van der Waals surface area contributed by atoms with Gasteiger partial charge in [0.25, 0.3) is 5.17 Å². The summed E-state index contributed by atoms with van der Waals surface area (Å²) in [5.74, 6) is 0. The summed E-state index contributed by atoms with van der Waals surface area (Å²) in [6.45, 7) is 0.881. The Hall–Kier alpha value is -2.02. The number of thiocarbonyl (C=S) groups is 1. The van der Waals surface area contributed by atoms with E-state index in [4.69, 9.17) is 27.4 Å². The lowest BCUT2D eigenvalue weighted by atomic mass is 10.2. The average molecular weight is 281 g/mol. The topological polar surface area (TPSA) is 76.8 Å². The van der Waals surface area contributed by atoms with Crippen LogP contribution in [0.1, 0.15) is 0 Å². The molecule has 19 heavy (non-hydrogen) atoms. The Bertz CT molecular complexity index is 478. The van der Waals surface area contributed by atoms with Crippen LogP contribution in [0.5, 0.6) is 0 Å². The molecule has 2 rings (SSSR count). The summed E-state index contributed by atoms with van der Waals surface area (Å²) in [5, 5.41) is 3.14. The number of ether oxygens (including phenoxy) is 2. The van der Waals surface area contributed by atoms with E-state index in [1.807, 2.05) is 0 Å². The van der Waals surface area contributed by atoms with E-state index in [1.54, 1.807) is 29.2 Å². The number of hydrogen-bond donors (Lipinski definition) is 2. The predicted molar refractivity (Wildman–Crippen MR) is 76.1 cm³/mol. The third kappa shape index (κ3) is 3.25. The Balaban J connectivity index is 1.96. The van der Waals surface area contributed by atoms with Gasteiger partial charge in [0, 0.05) is 11.4 Å². The summed E-state index contributed by atoms with van der Waals surface area (Å²) >= 11 is 4.86. The minimum absolute atomic E-state index is 0.266. The highest BCUT2D eigenvalue weighted by Gasteiger charge is 2.32. The Morgan fingerprint density at radius 1 is 1.58 bits per heavy atom. The van der Waals surface area contributed by atoms with Gasteiger partial charge in [0.15, 0.2) is 0 Å². The normalized spacial score (nSPS) is 18.1. The second-order valence-corrected chi connectivity index (χ2v) is 4.45. The molecule has 1 atom stereocenters. The molecular formula is C12H15N3O3S. The van der Waals surface area contributed by atoms with Crippen LogP contribution in [0, 0.1) is 0 Å². The summed E-state index contributed by atoms with van der Waals surface area (Å²) in [6, 6.07) is 7.06. The molecule has 1 heterocycles. The number of nitrogens with one attached hydrogen (secondary N) is 1. The lowest BCUT2D eigenvalue weighted by Gasteiger charge is -2.13. The number of nitrogens with zero attached hydrogens (tertiary/aromatic N) is 1. The van der Waals surface area contributed by atoms with Gasteiger partial charge in [-0.25, -0.2) is 4.79 Å². The highest BCUT2D eigenvalue weighted by Crippen LogP contribution is 2.22. The number of hydrogen-bond acceptors (Lipinski definition) is 5. The molecule has 102 valence electrons. The summed E-state index contributed by atoms with van der Waals surface area (Å²) in [5.41, 5.74) is 7.02. The van der Waals surface area contributed by atoms with Gasteiger partial charge in [-0.2, -0.15) is 0 Å². The number of nitrogens with two attached hydrogens (primary N) is 1. The third-order valence-corrected chi connectivity index (χ3v) is 3.05. The number of nitrogen functional groups attached to an aromatic ring is 1. The van der Waals surface area contributed by atoms with E-state index in [2.05, 4.69) is 5.32 Å². The molecule has 6 nitrogen and oxygen atoms in total. The van der Waals surface area contributed by atoms with Crippen LogP contribution in [0.15, 0.2) is 24.3 Å². The van der Waals surface area contributed by atoms with Crippen LogP contribution in [0.4, 0.5) is 16.2 Å². The largest absolute Gasteiger partial charge is 0.474 e. The van der Waals surface area contributed by atoms with Gasteiger partial charge in [0.1, 0.15) is 6.10 Å². The van der Waals surface area contributed by atoms with Crippen LogP contribution < -0.4 is 16.0 Å². The summed E-state index contributed by atoms with van der Waals surface area (Å²) < 4.78 is 10.0. The van der Waals surface area contributed by atoms with E-state index in [0.29, 0.717) is 18.8 Å². The molecule has 0 unspecified atom stereocenters. The van der Waals surface area contributed by atoms with Crippen molar-refractivity contribution in [2.45, 2.75) is 6.10 Å². The van der Waals surface area contributed by atoms with Crippen LogP contribution in [0.3, 0.4) is 0 Å². The molecule has 1 saturated heterocycles. The Morgan fingerprint density at radius 3 is 2.89 bits per heavy atom. The maximum absolute atomic E-state index is 11.8. The van der Waals surface area contributed by atoms with E-state index in [1.165, 1.54) is 7.11 Å². The van der Waals surface area contributed by atoms with E-state index in [0.717, 1.165) is 5.69 Å². The first-order valence-electron chi connectivity index (χ1n) is 5.75. The molecule has 1 aliphatic heterocycles. The van der Waals surface area contributed by atoms with Crippen LogP contribution >= 0.6 is 12.2 Å². The number of cyclic esters (lactones) is 1. The first kappa shape index (κ1) is 13.4. The van der Waals surface area contributed by atoms with Crippen molar-refractivity contribution in [3.05, 3.63) is 24.3 Å². The van der Waals surface area contributed by atoms with Crippen molar-refractivity contribution in [3.63, 3.8) is 0 Å². The number of carbonyl (C=O) groups excluding carboxylic acids is 1. The molecule has 0 aromatic heterocycles. The minimum atomic E-state index is -0.375. The van der Waals surface area contributed by atoms with E-state index in [9.17, 15) is 4.79 Å². The standard InChI is InChI=1S/C12H15N3O3S/c1-17-11(19)14-6-10-7-15(12(16)18-10)9-4-2-8(13)3-5-9/h2-5,10H,6-7,13H2,1H3,(H,14,19)/t10-/m0/s1. The third-order valence-electron chi connectivity index (χ3n) is 2.74. The van der Waals surface area contributed by atoms with Gasteiger partial charge in [-0.3, -0.25) is 4.90 Å². The Kier molecular flexibility index (Phi) is 4.06. The lowest BCUT2D eigenvalue weighted by Crippen LogP contribution is -2.34.